The third kappa shape index (κ3) is 5.18. The molecule has 0 radical (unpaired) electrons. The largest absolute Gasteiger partial charge is 0.354 e. The Morgan fingerprint density at radius 3 is 2.35 bits per heavy atom. The van der Waals surface area contributed by atoms with Gasteiger partial charge in [0, 0.05) is 12.1 Å². The second-order valence-corrected chi connectivity index (χ2v) is 4.90. The lowest BCUT2D eigenvalue weighted by Gasteiger charge is -2.07. The molecule has 2 aromatic rings. The molecule has 120 valence electrons. The molecule has 0 unspecified atom stereocenters. The molecule has 0 saturated carbocycles. The molecule has 0 aliphatic heterocycles. The number of carbonyl (C=O) groups is 2. The van der Waals surface area contributed by atoms with E-state index in [2.05, 4.69) is 10.6 Å². The normalized spacial score (nSPS) is 10.2. The summed E-state index contributed by atoms with van der Waals surface area (Å²) in [7, 11) is 0. The van der Waals surface area contributed by atoms with Crippen molar-refractivity contribution >= 4 is 11.8 Å². The fourth-order valence-electron chi connectivity index (χ4n) is 1.95. The second-order valence-electron chi connectivity index (χ2n) is 4.90. The molecule has 23 heavy (non-hydrogen) atoms. The summed E-state index contributed by atoms with van der Waals surface area (Å²) in [6.45, 7) is 0.219. The molecule has 2 aromatic carbocycles. The minimum absolute atomic E-state index is 0.0408. The Morgan fingerprint density at radius 2 is 1.65 bits per heavy atom. The third-order valence-electron chi connectivity index (χ3n) is 3.17. The molecule has 6 heteroatoms. The van der Waals surface area contributed by atoms with Gasteiger partial charge in [0.2, 0.25) is 5.91 Å². The monoisotopic (exact) mass is 318 g/mol. The van der Waals surface area contributed by atoms with Crippen molar-refractivity contribution in [2.24, 2.45) is 0 Å². The molecule has 0 aliphatic carbocycles. The summed E-state index contributed by atoms with van der Waals surface area (Å²) in [6.07, 6.45) is 0.684. The molecule has 0 bridgehead atoms. The maximum atomic E-state index is 13.0. The number of nitrogens with one attached hydrogen (secondary N) is 2. The van der Waals surface area contributed by atoms with Crippen molar-refractivity contribution in [2.45, 2.75) is 6.42 Å². The summed E-state index contributed by atoms with van der Waals surface area (Å²) in [4.78, 5) is 23.4. The second kappa shape index (κ2) is 8.03. The van der Waals surface area contributed by atoms with Crippen molar-refractivity contribution < 1.29 is 18.4 Å². The predicted octanol–water partition coefficient (Wildman–Crippen LogP) is 2.05. The minimum atomic E-state index is -1.11. The highest BCUT2D eigenvalue weighted by Crippen LogP contribution is 2.08. The van der Waals surface area contributed by atoms with Crippen LogP contribution in [-0.2, 0) is 11.2 Å². The van der Waals surface area contributed by atoms with Gasteiger partial charge in [-0.1, -0.05) is 30.3 Å². The number of carbonyl (C=O) groups excluding carboxylic acids is 2. The van der Waals surface area contributed by atoms with Crippen LogP contribution in [0.25, 0.3) is 0 Å². The number of benzene rings is 2. The average Bonchev–Trinajstić information content (AvgIpc) is 2.56. The van der Waals surface area contributed by atoms with Crippen LogP contribution in [0.3, 0.4) is 0 Å². The molecule has 0 aromatic heterocycles. The van der Waals surface area contributed by atoms with Gasteiger partial charge in [-0.2, -0.15) is 0 Å². The SMILES string of the molecule is O=C(CNC(=O)c1ccc(F)c(F)c1)NCCc1ccccc1. The van der Waals surface area contributed by atoms with Crippen LogP contribution < -0.4 is 10.6 Å². The molecule has 2 N–H and O–H groups in total. The van der Waals surface area contributed by atoms with E-state index < -0.39 is 17.5 Å². The lowest BCUT2D eigenvalue weighted by atomic mass is 10.1. The zero-order valence-corrected chi connectivity index (χ0v) is 12.3. The number of rotatable bonds is 6. The van der Waals surface area contributed by atoms with Gasteiger partial charge in [-0.3, -0.25) is 9.59 Å². The van der Waals surface area contributed by atoms with Crippen molar-refractivity contribution in [1.82, 2.24) is 10.6 Å². The summed E-state index contributed by atoms with van der Waals surface area (Å²) in [5.41, 5.74) is 1.06. The summed E-state index contributed by atoms with van der Waals surface area (Å²) < 4.78 is 25.8. The fraction of sp³-hybridized carbons (Fsp3) is 0.176. The average molecular weight is 318 g/mol. The van der Waals surface area contributed by atoms with Crippen LogP contribution in [-0.4, -0.2) is 24.9 Å². The lowest BCUT2D eigenvalue weighted by Crippen LogP contribution is -2.37. The Kier molecular flexibility index (Phi) is 5.80. The first-order chi connectivity index (χ1) is 11.1. The maximum absolute atomic E-state index is 13.0. The first-order valence-corrected chi connectivity index (χ1v) is 7.10. The molecule has 2 amide bonds. The van der Waals surface area contributed by atoms with Crippen LogP contribution in [0, 0.1) is 11.6 Å². The van der Waals surface area contributed by atoms with E-state index in [1.54, 1.807) is 0 Å². The van der Waals surface area contributed by atoms with E-state index in [1.807, 2.05) is 30.3 Å². The van der Waals surface area contributed by atoms with Gasteiger partial charge in [0.15, 0.2) is 11.6 Å². The summed E-state index contributed by atoms with van der Waals surface area (Å²) in [5, 5.41) is 5.02. The Hall–Kier alpha value is -2.76. The topological polar surface area (TPSA) is 58.2 Å². The Morgan fingerprint density at radius 1 is 0.913 bits per heavy atom. The number of hydrogen-bond acceptors (Lipinski definition) is 2. The predicted molar refractivity (Wildman–Crippen MR) is 81.8 cm³/mol. The van der Waals surface area contributed by atoms with Gasteiger partial charge in [0.25, 0.3) is 5.91 Å². The van der Waals surface area contributed by atoms with E-state index >= 15 is 0 Å². The Bertz CT molecular complexity index is 690. The van der Waals surface area contributed by atoms with Gasteiger partial charge in [0.05, 0.1) is 6.54 Å². The van der Waals surface area contributed by atoms with Gasteiger partial charge in [-0.05, 0) is 30.2 Å². The molecule has 0 saturated heterocycles. The number of halogens is 2. The van der Waals surface area contributed by atoms with E-state index in [0.29, 0.717) is 13.0 Å². The van der Waals surface area contributed by atoms with Crippen LogP contribution in [0.5, 0.6) is 0 Å². The molecular weight excluding hydrogens is 302 g/mol. The quantitative estimate of drug-likeness (QED) is 0.856. The summed E-state index contributed by atoms with van der Waals surface area (Å²) >= 11 is 0. The Balaban J connectivity index is 1.73. The molecule has 0 spiro atoms. The smallest absolute Gasteiger partial charge is 0.251 e. The molecular formula is C17H16F2N2O2. The lowest BCUT2D eigenvalue weighted by molar-refractivity contribution is -0.120. The molecule has 0 atom stereocenters. The number of amides is 2. The molecule has 4 nitrogen and oxygen atoms in total. The van der Waals surface area contributed by atoms with Crippen LogP contribution in [0.1, 0.15) is 15.9 Å². The van der Waals surface area contributed by atoms with E-state index in [1.165, 1.54) is 0 Å². The van der Waals surface area contributed by atoms with Crippen molar-refractivity contribution in [2.75, 3.05) is 13.1 Å². The van der Waals surface area contributed by atoms with Crippen molar-refractivity contribution in [1.29, 1.82) is 0 Å². The molecule has 0 aliphatic rings. The Labute approximate surface area is 132 Å². The van der Waals surface area contributed by atoms with Crippen LogP contribution >= 0.6 is 0 Å². The van der Waals surface area contributed by atoms with Crippen LogP contribution in [0.15, 0.2) is 48.5 Å². The molecule has 0 fully saturated rings. The van der Waals surface area contributed by atoms with Crippen molar-refractivity contribution in [3.05, 3.63) is 71.3 Å². The zero-order valence-electron chi connectivity index (χ0n) is 12.3. The highest BCUT2D eigenvalue weighted by molar-refractivity contribution is 5.96. The van der Waals surface area contributed by atoms with Gasteiger partial charge >= 0.3 is 0 Å². The highest BCUT2D eigenvalue weighted by Gasteiger charge is 2.10. The summed E-state index contributed by atoms with van der Waals surface area (Å²) in [5.74, 6) is -3.12. The third-order valence-corrected chi connectivity index (χ3v) is 3.17. The zero-order chi connectivity index (χ0) is 16.7. The van der Waals surface area contributed by atoms with Crippen molar-refractivity contribution in [3.63, 3.8) is 0 Å². The van der Waals surface area contributed by atoms with Crippen LogP contribution in [0.2, 0.25) is 0 Å². The summed E-state index contributed by atoms with van der Waals surface area (Å²) in [6, 6.07) is 12.5. The maximum Gasteiger partial charge on any atom is 0.251 e. The van der Waals surface area contributed by atoms with Gasteiger partial charge in [-0.25, -0.2) is 8.78 Å². The van der Waals surface area contributed by atoms with Gasteiger partial charge in [-0.15, -0.1) is 0 Å². The minimum Gasteiger partial charge on any atom is -0.354 e. The van der Waals surface area contributed by atoms with Crippen LogP contribution in [0.4, 0.5) is 8.78 Å². The van der Waals surface area contributed by atoms with Gasteiger partial charge in [0.1, 0.15) is 0 Å². The first-order valence-electron chi connectivity index (χ1n) is 7.10. The van der Waals surface area contributed by atoms with Gasteiger partial charge < -0.3 is 10.6 Å². The standard InChI is InChI=1S/C17H16F2N2O2/c18-14-7-6-13(10-15(14)19)17(23)21-11-16(22)20-9-8-12-4-2-1-3-5-12/h1-7,10H,8-9,11H2,(H,20,22)(H,21,23). The number of hydrogen-bond donors (Lipinski definition) is 2. The highest BCUT2D eigenvalue weighted by atomic mass is 19.2. The fourth-order valence-corrected chi connectivity index (χ4v) is 1.95. The van der Waals surface area contributed by atoms with E-state index in [9.17, 15) is 18.4 Å². The molecule has 2 rings (SSSR count). The van der Waals surface area contributed by atoms with E-state index in [-0.39, 0.29) is 18.0 Å². The van der Waals surface area contributed by atoms with E-state index in [4.69, 9.17) is 0 Å². The van der Waals surface area contributed by atoms with Crippen molar-refractivity contribution in [3.8, 4) is 0 Å². The first kappa shape index (κ1) is 16.6. The molecule has 0 heterocycles. The van der Waals surface area contributed by atoms with E-state index in [0.717, 1.165) is 23.8 Å².